The Hall–Kier alpha value is -2.43. The number of ether oxygens (including phenoxy) is 2. The van der Waals surface area contributed by atoms with Crippen molar-refractivity contribution in [1.29, 1.82) is 0 Å². The van der Waals surface area contributed by atoms with Crippen LogP contribution in [0.1, 0.15) is 53.4 Å². The van der Waals surface area contributed by atoms with E-state index in [0.29, 0.717) is 36.9 Å². The molecule has 5 nitrogen and oxygen atoms in total. The van der Waals surface area contributed by atoms with Crippen molar-refractivity contribution < 1.29 is 9.47 Å². The van der Waals surface area contributed by atoms with Crippen molar-refractivity contribution in [1.82, 2.24) is 4.57 Å². The van der Waals surface area contributed by atoms with Crippen molar-refractivity contribution in [2.24, 2.45) is 0 Å². The number of nitrogen functional groups attached to an aromatic ring is 1. The van der Waals surface area contributed by atoms with Gasteiger partial charge in [0.2, 0.25) is 5.75 Å². The van der Waals surface area contributed by atoms with Crippen LogP contribution in [-0.4, -0.2) is 17.8 Å². The van der Waals surface area contributed by atoms with Gasteiger partial charge in [0, 0.05) is 17.6 Å². The highest BCUT2D eigenvalue weighted by Crippen LogP contribution is 2.34. The van der Waals surface area contributed by atoms with Gasteiger partial charge in [-0.1, -0.05) is 31.8 Å². The molecule has 1 aromatic heterocycles. The summed E-state index contributed by atoms with van der Waals surface area (Å²) < 4.78 is 13.6. The lowest BCUT2D eigenvalue weighted by molar-refractivity contribution is 0.272. The smallest absolute Gasteiger partial charge is 0.297 e. The first-order valence-electron chi connectivity index (χ1n) is 9.84. The minimum Gasteiger partial charge on any atom is -0.485 e. The van der Waals surface area contributed by atoms with Crippen LogP contribution >= 0.6 is 0 Å². The predicted molar refractivity (Wildman–Crippen MR) is 113 cm³/mol. The number of benzene rings is 1. The number of aryl methyl sites for hydroxylation is 1. The molecule has 0 spiro atoms. The molecule has 0 radical (unpaired) electrons. The monoisotopic (exact) mass is 372 g/mol. The fourth-order valence-corrected chi connectivity index (χ4v) is 2.99. The SMILES string of the molecule is CCCCCCOc1c(OCC=C(C)C)c2ccc(N)cc2n(CC)c1=O. The number of anilines is 1. The molecule has 0 aliphatic carbocycles. The highest BCUT2D eigenvalue weighted by molar-refractivity contribution is 5.90. The highest BCUT2D eigenvalue weighted by atomic mass is 16.5. The van der Waals surface area contributed by atoms with Crippen LogP contribution in [-0.2, 0) is 6.54 Å². The zero-order valence-corrected chi connectivity index (χ0v) is 17.0. The number of rotatable bonds is 10. The normalized spacial score (nSPS) is 10.8. The molecule has 2 aromatic rings. The van der Waals surface area contributed by atoms with Gasteiger partial charge in [0.15, 0.2) is 5.75 Å². The third-order valence-corrected chi connectivity index (χ3v) is 4.48. The number of nitrogens with two attached hydrogens (primary N) is 1. The number of hydrogen-bond acceptors (Lipinski definition) is 4. The lowest BCUT2D eigenvalue weighted by Crippen LogP contribution is -2.23. The van der Waals surface area contributed by atoms with E-state index in [0.717, 1.165) is 35.7 Å². The largest absolute Gasteiger partial charge is 0.485 e. The Morgan fingerprint density at radius 3 is 2.56 bits per heavy atom. The van der Waals surface area contributed by atoms with Gasteiger partial charge in [-0.15, -0.1) is 0 Å². The third kappa shape index (κ3) is 5.28. The van der Waals surface area contributed by atoms with E-state index in [1.807, 2.05) is 45.0 Å². The van der Waals surface area contributed by atoms with Crippen LogP contribution in [0.25, 0.3) is 10.9 Å². The molecule has 5 heteroatoms. The molecule has 0 saturated carbocycles. The molecule has 0 saturated heterocycles. The van der Waals surface area contributed by atoms with Crippen LogP contribution in [0.4, 0.5) is 5.69 Å². The minimum atomic E-state index is -0.168. The van der Waals surface area contributed by atoms with Crippen LogP contribution in [0.5, 0.6) is 11.5 Å². The first-order valence-corrected chi connectivity index (χ1v) is 9.84. The van der Waals surface area contributed by atoms with Crippen LogP contribution in [0.2, 0.25) is 0 Å². The van der Waals surface area contributed by atoms with Gasteiger partial charge in [0.1, 0.15) is 6.61 Å². The summed E-state index contributed by atoms with van der Waals surface area (Å²) in [5.41, 5.74) is 8.34. The summed E-state index contributed by atoms with van der Waals surface area (Å²) in [6.07, 6.45) is 6.34. The molecule has 0 aliphatic rings. The predicted octanol–water partition coefficient (Wildman–Crippen LogP) is 4.91. The van der Waals surface area contributed by atoms with Gasteiger partial charge in [-0.3, -0.25) is 4.79 Å². The average molecular weight is 373 g/mol. The standard InChI is InChI=1S/C22H32N2O3/c1-5-7-8-9-13-26-21-20(27-14-12-16(3)4)18-11-10-17(23)15-19(18)24(6-2)22(21)25/h10-12,15H,5-9,13-14,23H2,1-4H3. The molecule has 0 bridgehead atoms. The van der Waals surface area contributed by atoms with E-state index in [4.69, 9.17) is 15.2 Å². The van der Waals surface area contributed by atoms with Crippen molar-refractivity contribution in [3.63, 3.8) is 0 Å². The van der Waals surface area contributed by atoms with Crippen molar-refractivity contribution in [2.45, 2.75) is 59.9 Å². The number of hydrogen-bond donors (Lipinski definition) is 1. The van der Waals surface area contributed by atoms with Crippen molar-refractivity contribution in [2.75, 3.05) is 18.9 Å². The molecule has 1 aromatic carbocycles. The van der Waals surface area contributed by atoms with Gasteiger partial charge in [0.25, 0.3) is 5.56 Å². The fourth-order valence-electron chi connectivity index (χ4n) is 2.99. The second-order valence-corrected chi connectivity index (χ2v) is 6.99. The van der Waals surface area contributed by atoms with E-state index in [9.17, 15) is 4.79 Å². The van der Waals surface area contributed by atoms with Crippen LogP contribution in [0, 0.1) is 0 Å². The second-order valence-electron chi connectivity index (χ2n) is 6.99. The van der Waals surface area contributed by atoms with Crippen LogP contribution < -0.4 is 20.8 Å². The van der Waals surface area contributed by atoms with Crippen molar-refractivity contribution in [3.8, 4) is 11.5 Å². The van der Waals surface area contributed by atoms with E-state index in [1.165, 1.54) is 6.42 Å². The van der Waals surface area contributed by atoms with Gasteiger partial charge in [-0.25, -0.2) is 0 Å². The molecule has 1 heterocycles. The van der Waals surface area contributed by atoms with Gasteiger partial charge in [-0.2, -0.15) is 0 Å². The molecule has 27 heavy (non-hydrogen) atoms. The Labute approximate surface area is 161 Å². The highest BCUT2D eigenvalue weighted by Gasteiger charge is 2.19. The summed E-state index contributed by atoms with van der Waals surface area (Å²) in [5, 5.41) is 0.844. The van der Waals surface area contributed by atoms with E-state index in [-0.39, 0.29) is 5.56 Å². The Balaban J connectivity index is 2.48. The summed E-state index contributed by atoms with van der Waals surface area (Å²) in [5.74, 6) is 0.806. The summed E-state index contributed by atoms with van der Waals surface area (Å²) in [6.45, 7) is 9.59. The van der Waals surface area contributed by atoms with Gasteiger partial charge < -0.3 is 19.8 Å². The first kappa shape index (κ1) is 20.9. The zero-order valence-electron chi connectivity index (χ0n) is 17.0. The van der Waals surface area contributed by atoms with Crippen LogP contribution in [0.3, 0.4) is 0 Å². The second kappa shape index (κ2) is 10.0. The van der Waals surface area contributed by atoms with Gasteiger partial charge >= 0.3 is 0 Å². The third-order valence-electron chi connectivity index (χ3n) is 4.48. The number of aromatic nitrogens is 1. The Bertz CT molecular complexity index is 849. The molecular weight excluding hydrogens is 340 g/mol. The van der Waals surface area contributed by atoms with Crippen LogP contribution in [0.15, 0.2) is 34.6 Å². The Kier molecular flexibility index (Phi) is 7.77. The molecule has 0 aliphatic heterocycles. The molecular formula is C22H32N2O3. The van der Waals surface area contributed by atoms with E-state index < -0.39 is 0 Å². The molecule has 148 valence electrons. The minimum absolute atomic E-state index is 0.168. The maximum Gasteiger partial charge on any atom is 0.297 e. The number of pyridine rings is 1. The lowest BCUT2D eigenvalue weighted by atomic mass is 10.1. The molecule has 0 fully saturated rings. The lowest BCUT2D eigenvalue weighted by Gasteiger charge is -2.18. The first-order chi connectivity index (χ1) is 13.0. The quantitative estimate of drug-likeness (QED) is 0.366. The van der Waals surface area contributed by atoms with Crippen molar-refractivity contribution >= 4 is 16.6 Å². The Morgan fingerprint density at radius 2 is 1.89 bits per heavy atom. The summed E-state index contributed by atoms with van der Waals surface area (Å²) in [4.78, 5) is 13.1. The van der Waals surface area contributed by atoms with Gasteiger partial charge in [-0.05, 0) is 51.5 Å². The number of allylic oxidation sites excluding steroid dienone is 1. The number of fused-ring (bicyclic) bond motifs is 1. The molecule has 0 amide bonds. The molecule has 2 N–H and O–H groups in total. The average Bonchev–Trinajstić information content (AvgIpc) is 2.63. The molecule has 0 atom stereocenters. The maximum atomic E-state index is 13.1. The molecule has 2 rings (SSSR count). The Morgan fingerprint density at radius 1 is 1.11 bits per heavy atom. The molecule has 0 unspecified atom stereocenters. The zero-order chi connectivity index (χ0) is 19.8. The summed E-state index contributed by atoms with van der Waals surface area (Å²) in [6, 6.07) is 5.54. The topological polar surface area (TPSA) is 66.5 Å². The van der Waals surface area contributed by atoms with E-state index in [2.05, 4.69) is 6.92 Å². The number of unbranched alkanes of at least 4 members (excludes halogenated alkanes) is 3. The van der Waals surface area contributed by atoms with E-state index >= 15 is 0 Å². The number of nitrogens with zero attached hydrogens (tertiary/aromatic N) is 1. The van der Waals surface area contributed by atoms with Crippen molar-refractivity contribution in [3.05, 3.63) is 40.2 Å². The fraction of sp³-hybridized carbons (Fsp3) is 0.500. The maximum absolute atomic E-state index is 13.1. The summed E-state index contributed by atoms with van der Waals surface area (Å²) in [7, 11) is 0. The summed E-state index contributed by atoms with van der Waals surface area (Å²) >= 11 is 0. The van der Waals surface area contributed by atoms with E-state index in [1.54, 1.807) is 4.57 Å². The van der Waals surface area contributed by atoms with Gasteiger partial charge in [0.05, 0.1) is 12.1 Å².